The molecule has 88 valence electrons. The lowest BCUT2D eigenvalue weighted by Crippen LogP contribution is -2.21. The molecule has 0 bridgehead atoms. The van der Waals surface area contributed by atoms with E-state index in [1.165, 1.54) is 11.3 Å². The second-order valence-electron chi connectivity index (χ2n) is 3.79. The molecule has 1 aromatic heterocycles. The zero-order valence-electron chi connectivity index (χ0n) is 8.85. The highest BCUT2D eigenvalue weighted by Gasteiger charge is 2.17. The van der Waals surface area contributed by atoms with Gasteiger partial charge in [0.2, 0.25) is 0 Å². The molecule has 0 radical (unpaired) electrons. The van der Waals surface area contributed by atoms with Gasteiger partial charge in [-0.15, -0.1) is 11.3 Å². The molecule has 1 aromatic rings. The number of thiophene rings is 1. The van der Waals surface area contributed by atoms with Crippen LogP contribution in [0, 0.1) is 5.92 Å². The molecular weight excluding hydrogens is 228 g/mol. The maximum absolute atomic E-state index is 10.8. The third-order valence-electron chi connectivity index (χ3n) is 2.64. The molecule has 1 fully saturated rings. The molecule has 2 heterocycles. The number of carboxylic acids is 1. The molecule has 0 unspecified atom stereocenters. The van der Waals surface area contributed by atoms with Crippen LogP contribution in [0.25, 0.3) is 0 Å². The van der Waals surface area contributed by atoms with E-state index in [1.54, 1.807) is 11.4 Å². The summed E-state index contributed by atoms with van der Waals surface area (Å²) < 4.78 is 10.8. The molecule has 5 heteroatoms. The van der Waals surface area contributed by atoms with Gasteiger partial charge in [-0.1, -0.05) is 0 Å². The van der Waals surface area contributed by atoms with Crippen LogP contribution in [0.4, 0.5) is 0 Å². The maximum Gasteiger partial charge on any atom is 0.349 e. The van der Waals surface area contributed by atoms with Crippen LogP contribution < -0.4 is 4.74 Å². The summed E-state index contributed by atoms with van der Waals surface area (Å²) in [6, 6.07) is 1.72. The van der Waals surface area contributed by atoms with Crippen LogP contribution in [0.2, 0.25) is 0 Å². The normalized spacial score (nSPS) is 17.2. The molecule has 1 N–H and O–H groups in total. The Morgan fingerprint density at radius 2 is 2.31 bits per heavy atom. The van der Waals surface area contributed by atoms with Gasteiger partial charge in [0.15, 0.2) is 4.88 Å². The highest BCUT2D eigenvalue weighted by molar-refractivity contribution is 7.12. The maximum atomic E-state index is 10.8. The minimum Gasteiger partial charge on any atom is -0.492 e. The smallest absolute Gasteiger partial charge is 0.349 e. The van der Waals surface area contributed by atoms with Crippen molar-refractivity contribution >= 4 is 17.3 Å². The third-order valence-corrected chi connectivity index (χ3v) is 3.52. The molecule has 0 amide bonds. The van der Waals surface area contributed by atoms with Crippen LogP contribution in [0.3, 0.4) is 0 Å². The van der Waals surface area contributed by atoms with Crippen molar-refractivity contribution in [3.05, 3.63) is 16.3 Å². The number of hydrogen-bond donors (Lipinski definition) is 1. The van der Waals surface area contributed by atoms with Gasteiger partial charge in [-0.25, -0.2) is 4.79 Å². The standard InChI is InChI=1S/C11H14O4S/c12-11(13)10-9(3-6-16-10)15-7-8-1-4-14-5-2-8/h3,6,8H,1-2,4-5,7H2,(H,12,13). The summed E-state index contributed by atoms with van der Waals surface area (Å²) in [4.78, 5) is 11.1. The van der Waals surface area contributed by atoms with Crippen LogP contribution in [-0.4, -0.2) is 30.9 Å². The molecular formula is C11H14O4S. The Balaban J connectivity index is 1.88. The van der Waals surface area contributed by atoms with Gasteiger partial charge in [-0.3, -0.25) is 0 Å². The Morgan fingerprint density at radius 3 is 3.00 bits per heavy atom. The molecule has 1 aliphatic rings. The van der Waals surface area contributed by atoms with Crippen LogP contribution in [0.5, 0.6) is 5.75 Å². The third kappa shape index (κ3) is 2.74. The predicted molar refractivity (Wildman–Crippen MR) is 60.3 cm³/mol. The quantitative estimate of drug-likeness (QED) is 0.879. The summed E-state index contributed by atoms with van der Waals surface area (Å²) in [5.74, 6) is 0.0521. The molecule has 1 saturated heterocycles. The van der Waals surface area contributed by atoms with E-state index in [0.29, 0.717) is 18.3 Å². The largest absolute Gasteiger partial charge is 0.492 e. The van der Waals surface area contributed by atoms with Crippen molar-refractivity contribution in [2.24, 2.45) is 5.92 Å². The van der Waals surface area contributed by atoms with E-state index >= 15 is 0 Å². The molecule has 0 aliphatic carbocycles. The Labute approximate surface area is 97.8 Å². The molecule has 0 saturated carbocycles. The Morgan fingerprint density at radius 1 is 1.56 bits per heavy atom. The van der Waals surface area contributed by atoms with Gasteiger partial charge in [0.25, 0.3) is 0 Å². The van der Waals surface area contributed by atoms with E-state index in [0.717, 1.165) is 26.1 Å². The van der Waals surface area contributed by atoms with Gasteiger partial charge in [-0.05, 0) is 30.2 Å². The number of ether oxygens (including phenoxy) is 2. The molecule has 0 spiro atoms. The fourth-order valence-corrected chi connectivity index (χ4v) is 2.36. The fraction of sp³-hybridized carbons (Fsp3) is 0.545. The molecule has 2 rings (SSSR count). The summed E-state index contributed by atoms with van der Waals surface area (Å²) in [5.41, 5.74) is 0. The van der Waals surface area contributed by atoms with E-state index in [1.807, 2.05) is 0 Å². The van der Waals surface area contributed by atoms with Gasteiger partial charge in [0.1, 0.15) is 5.75 Å². The fourth-order valence-electron chi connectivity index (χ4n) is 1.69. The average Bonchev–Trinajstić information content (AvgIpc) is 2.76. The van der Waals surface area contributed by atoms with E-state index in [-0.39, 0.29) is 4.88 Å². The van der Waals surface area contributed by atoms with E-state index in [9.17, 15) is 4.79 Å². The Kier molecular flexibility index (Phi) is 3.79. The van der Waals surface area contributed by atoms with Gasteiger partial charge < -0.3 is 14.6 Å². The number of aromatic carboxylic acids is 1. The van der Waals surface area contributed by atoms with Gasteiger partial charge in [-0.2, -0.15) is 0 Å². The lowest BCUT2D eigenvalue weighted by Gasteiger charge is -2.21. The summed E-state index contributed by atoms with van der Waals surface area (Å²) >= 11 is 1.20. The van der Waals surface area contributed by atoms with Gasteiger partial charge in [0, 0.05) is 13.2 Å². The first-order valence-electron chi connectivity index (χ1n) is 5.28. The van der Waals surface area contributed by atoms with Gasteiger partial charge >= 0.3 is 5.97 Å². The van der Waals surface area contributed by atoms with Crippen LogP contribution in [0.15, 0.2) is 11.4 Å². The monoisotopic (exact) mass is 242 g/mol. The lowest BCUT2D eigenvalue weighted by molar-refractivity contribution is 0.0491. The molecule has 16 heavy (non-hydrogen) atoms. The minimum absolute atomic E-state index is 0.284. The minimum atomic E-state index is -0.919. The van der Waals surface area contributed by atoms with Crippen LogP contribution >= 0.6 is 11.3 Å². The number of carboxylic acid groups (broad SMARTS) is 1. The summed E-state index contributed by atoms with van der Waals surface area (Å²) in [6.07, 6.45) is 1.99. The lowest BCUT2D eigenvalue weighted by atomic mass is 10.0. The van der Waals surface area contributed by atoms with Crippen molar-refractivity contribution in [1.29, 1.82) is 0 Å². The summed E-state index contributed by atoms with van der Waals surface area (Å²) in [5, 5.41) is 10.6. The van der Waals surface area contributed by atoms with E-state index < -0.39 is 5.97 Å². The Bertz CT molecular complexity index is 355. The molecule has 4 nitrogen and oxygen atoms in total. The molecule has 1 aliphatic heterocycles. The van der Waals surface area contributed by atoms with Crippen LogP contribution in [-0.2, 0) is 4.74 Å². The SMILES string of the molecule is O=C(O)c1sccc1OCC1CCOCC1. The van der Waals surface area contributed by atoms with Gasteiger partial charge in [0.05, 0.1) is 6.61 Å². The first kappa shape index (κ1) is 11.4. The van der Waals surface area contributed by atoms with Crippen LogP contribution in [0.1, 0.15) is 22.5 Å². The zero-order chi connectivity index (χ0) is 11.4. The zero-order valence-corrected chi connectivity index (χ0v) is 9.66. The van der Waals surface area contributed by atoms with Crippen molar-refractivity contribution in [2.75, 3.05) is 19.8 Å². The average molecular weight is 242 g/mol. The number of rotatable bonds is 4. The topological polar surface area (TPSA) is 55.8 Å². The Hall–Kier alpha value is -1.07. The summed E-state index contributed by atoms with van der Waals surface area (Å²) in [6.45, 7) is 2.15. The van der Waals surface area contributed by atoms with Crippen molar-refractivity contribution in [3.63, 3.8) is 0 Å². The van der Waals surface area contributed by atoms with Crippen molar-refractivity contribution in [1.82, 2.24) is 0 Å². The summed E-state index contributed by atoms with van der Waals surface area (Å²) in [7, 11) is 0. The number of carbonyl (C=O) groups is 1. The van der Waals surface area contributed by atoms with Crippen molar-refractivity contribution in [2.45, 2.75) is 12.8 Å². The first-order chi connectivity index (χ1) is 7.77. The highest BCUT2D eigenvalue weighted by atomic mass is 32.1. The molecule has 0 atom stereocenters. The second-order valence-corrected chi connectivity index (χ2v) is 4.70. The predicted octanol–water partition coefficient (Wildman–Crippen LogP) is 2.25. The number of hydrogen-bond acceptors (Lipinski definition) is 4. The molecule has 0 aromatic carbocycles. The van der Waals surface area contributed by atoms with Crippen molar-refractivity contribution in [3.8, 4) is 5.75 Å². The first-order valence-corrected chi connectivity index (χ1v) is 6.16. The highest BCUT2D eigenvalue weighted by Crippen LogP contribution is 2.26. The van der Waals surface area contributed by atoms with E-state index in [2.05, 4.69) is 0 Å². The van der Waals surface area contributed by atoms with E-state index in [4.69, 9.17) is 14.6 Å². The van der Waals surface area contributed by atoms with Crippen molar-refractivity contribution < 1.29 is 19.4 Å². The second kappa shape index (κ2) is 5.32.